The van der Waals surface area contributed by atoms with Crippen LogP contribution in [-0.2, 0) is 0 Å². The fourth-order valence-corrected chi connectivity index (χ4v) is 1.48. The van der Waals surface area contributed by atoms with Crippen molar-refractivity contribution < 1.29 is 4.74 Å². The summed E-state index contributed by atoms with van der Waals surface area (Å²) in [7, 11) is 1.87. The van der Waals surface area contributed by atoms with Gasteiger partial charge in [0.25, 0.3) is 0 Å². The Morgan fingerprint density at radius 2 is 2.00 bits per heavy atom. The fraction of sp³-hybridized carbons (Fsp3) is 0.692. The van der Waals surface area contributed by atoms with Crippen LogP contribution in [0.5, 0.6) is 5.88 Å². The van der Waals surface area contributed by atoms with E-state index in [-0.39, 0.29) is 6.10 Å². The maximum absolute atomic E-state index is 5.85. The maximum Gasteiger partial charge on any atom is 0.219 e. The smallest absolute Gasteiger partial charge is 0.219 e. The average Bonchev–Trinajstić information content (AvgIpc) is 3.12. The van der Waals surface area contributed by atoms with E-state index < -0.39 is 0 Å². The summed E-state index contributed by atoms with van der Waals surface area (Å²) >= 11 is 0. The van der Waals surface area contributed by atoms with E-state index >= 15 is 0 Å². The van der Waals surface area contributed by atoms with Crippen molar-refractivity contribution in [1.82, 2.24) is 9.97 Å². The van der Waals surface area contributed by atoms with Crippen molar-refractivity contribution in [1.29, 1.82) is 0 Å². The zero-order chi connectivity index (χ0) is 12.4. The highest BCUT2D eigenvalue weighted by Crippen LogP contribution is 2.39. The monoisotopic (exact) mass is 235 g/mol. The van der Waals surface area contributed by atoms with Gasteiger partial charge in [0.15, 0.2) is 0 Å². The molecule has 1 aromatic heterocycles. The summed E-state index contributed by atoms with van der Waals surface area (Å²) in [4.78, 5) is 8.96. The molecule has 1 unspecified atom stereocenters. The lowest BCUT2D eigenvalue weighted by Crippen LogP contribution is -2.19. The number of hydrogen-bond acceptors (Lipinski definition) is 4. The van der Waals surface area contributed by atoms with Gasteiger partial charge in [-0.3, -0.25) is 0 Å². The van der Waals surface area contributed by atoms with Crippen LogP contribution in [0.3, 0.4) is 0 Å². The molecule has 1 saturated carbocycles. The van der Waals surface area contributed by atoms with Crippen LogP contribution >= 0.6 is 0 Å². The van der Waals surface area contributed by atoms with Crippen molar-refractivity contribution in [3.8, 4) is 5.88 Å². The van der Waals surface area contributed by atoms with Crippen LogP contribution < -0.4 is 10.1 Å². The Morgan fingerprint density at radius 1 is 1.29 bits per heavy atom. The molecule has 0 bridgehead atoms. The Kier molecular flexibility index (Phi) is 3.50. The number of aromatic nitrogens is 2. The summed E-state index contributed by atoms with van der Waals surface area (Å²) in [6.45, 7) is 6.36. The zero-order valence-electron chi connectivity index (χ0n) is 11.0. The Balaban J connectivity index is 2.17. The highest BCUT2D eigenvalue weighted by Gasteiger charge is 2.27. The number of rotatable bonds is 5. The second-order valence-corrected chi connectivity index (χ2v) is 5.04. The molecule has 1 fully saturated rings. The Hall–Kier alpha value is -1.32. The molecule has 0 aromatic carbocycles. The number of nitrogens with one attached hydrogen (secondary N) is 1. The first-order chi connectivity index (χ1) is 8.10. The van der Waals surface area contributed by atoms with Gasteiger partial charge >= 0.3 is 0 Å². The number of nitrogens with zero attached hydrogens (tertiary/aromatic N) is 2. The quantitative estimate of drug-likeness (QED) is 0.852. The minimum atomic E-state index is 0.168. The van der Waals surface area contributed by atoms with E-state index in [9.17, 15) is 0 Å². The Labute approximate surface area is 103 Å². The fourth-order valence-electron chi connectivity index (χ4n) is 1.48. The summed E-state index contributed by atoms with van der Waals surface area (Å²) < 4.78 is 5.85. The third kappa shape index (κ3) is 3.08. The molecule has 1 aromatic rings. The van der Waals surface area contributed by atoms with Crippen molar-refractivity contribution in [2.24, 2.45) is 5.92 Å². The highest BCUT2D eigenvalue weighted by atomic mass is 16.5. The molecule has 0 radical (unpaired) electrons. The third-order valence-electron chi connectivity index (χ3n) is 3.16. The van der Waals surface area contributed by atoms with Crippen molar-refractivity contribution in [3.05, 3.63) is 11.9 Å². The molecule has 1 N–H and O–H groups in total. The molecule has 2 rings (SSSR count). The van der Waals surface area contributed by atoms with Crippen LogP contribution in [0.2, 0.25) is 0 Å². The standard InChI is InChI=1S/C13H21N3O/c1-8(2)9(3)17-12-7-11(14-4)15-13(16-12)10-5-6-10/h7-10H,5-6H2,1-4H3,(H,14,15,16). The van der Waals surface area contributed by atoms with E-state index in [2.05, 4.69) is 36.1 Å². The van der Waals surface area contributed by atoms with E-state index in [4.69, 9.17) is 4.74 Å². The van der Waals surface area contributed by atoms with Gasteiger partial charge in [-0.25, -0.2) is 4.98 Å². The highest BCUT2D eigenvalue weighted by molar-refractivity contribution is 5.38. The minimum Gasteiger partial charge on any atom is -0.474 e. The molecule has 1 heterocycles. The van der Waals surface area contributed by atoms with E-state index in [1.54, 1.807) is 0 Å². The molecule has 0 aliphatic heterocycles. The van der Waals surface area contributed by atoms with Crippen molar-refractivity contribution >= 4 is 5.82 Å². The van der Waals surface area contributed by atoms with Gasteiger partial charge in [0.2, 0.25) is 5.88 Å². The van der Waals surface area contributed by atoms with Gasteiger partial charge in [0.1, 0.15) is 11.6 Å². The Bertz CT molecular complexity index is 388. The molecule has 94 valence electrons. The Morgan fingerprint density at radius 3 is 2.53 bits per heavy atom. The SMILES string of the molecule is CNc1cc(OC(C)C(C)C)nc(C2CC2)n1. The van der Waals surface area contributed by atoms with Gasteiger partial charge in [-0.2, -0.15) is 4.98 Å². The normalized spacial score (nSPS) is 17.0. The predicted molar refractivity (Wildman–Crippen MR) is 68.5 cm³/mol. The lowest BCUT2D eigenvalue weighted by Gasteiger charge is -2.18. The lowest BCUT2D eigenvalue weighted by atomic mass is 10.1. The van der Waals surface area contributed by atoms with Gasteiger partial charge < -0.3 is 10.1 Å². The molecule has 0 saturated heterocycles. The van der Waals surface area contributed by atoms with Crippen LogP contribution in [0.15, 0.2) is 6.07 Å². The van der Waals surface area contributed by atoms with Crippen LogP contribution in [0, 0.1) is 5.92 Å². The van der Waals surface area contributed by atoms with Crippen LogP contribution in [-0.4, -0.2) is 23.1 Å². The summed E-state index contributed by atoms with van der Waals surface area (Å²) in [5.41, 5.74) is 0. The molecule has 0 spiro atoms. The maximum atomic E-state index is 5.85. The van der Waals surface area contributed by atoms with Gasteiger partial charge in [-0.05, 0) is 25.7 Å². The first kappa shape index (κ1) is 12.1. The summed E-state index contributed by atoms with van der Waals surface area (Å²) in [6.07, 6.45) is 2.57. The molecular formula is C13H21N3O. The van der Waals surface area contributed by atoms with Gasteiger partial charge in [-0.1, -0.05) is 13.8 Å². The number of ether oxygens (including phenoxy) is 1. The minimum absolute atomic E-state index is 0.168. The predicted octanol–water partition coefficient (Wildman–Crippen LogP) is 2.82. The molecule has 17 heavy (non-hydrogen) atoms. The third-order valence-corrected chi connectivity index (χ3v) is 3.16. The van der Waals surface area contributed by atoms with Crippen LogP contribution in [0.1, 0.15) is 45.4 Å². The van der Waals surface area contributed by atoms with Gasteiger partial charge in [0.05, 0.1) is 6.10 Å². The first-order valence-corrected chi connectivity index (χ1v) is 6.33. The average molecular weight is 235 g/mol. The van der Waals surface area contributed by atoms with Crippen LogP contribution in [0.25, 0.3) is 0 Å². The van der Waals surface area contributed by atoms with Crippen molar-refractivity contribution in [2.45, 2.75) is 45.6 Å². The van der Waals surface area contributed by atoms with Gasteiger partial charge in [0, 0.05) is 19.0 Å². The molecular weight excluding hydrogens is 214 g/mol. The number of anilines is 1. The largest absolute Gasteiger partial charge is 0.474 e. The topological polar surface area (TPSA) is 47.0 Å². The second-order valence-electron chi connectivity index (χ2n) is 5.04. The molecule has 4 heteroatoms. The van der Waals surface area contributed by atoms with E-state index in [1.807, 2.05) is 13.1 Å². The van der Waals surface area contributed by atoms with E-state index in [1.165, 1.54) is 12.8 Å². The molecule has 4 nitrogen and oxygen atoms in total. The van der Waals surface area contributed by atoms with Crippen molar-refractivity contribution in [2.75, 3.05) is 12.4 Å². The summed E-state index contributed by atoms with van der Waals surface area (Å²) in [6, 6.07) is 1.87. The first-order valence-electron chi connectivity index (χ1n) is 6.33. The van der Waals surface area contributed by atoms with Crippen LogP contribution in [0.4, 0.5) is 5.82 Å². The lowest BCUT2D eigenvalue weighted by molar-refractivity contribution is 0.163. The summed E-state index contributed by atoms with van der Waals surface area (Å²) in [5.74, 6) is 3.47. The molecule has 0 amide bonds. The second kappa shape index (κ2) is 4.90. The summed E-state index contributed by atoms with van der Waals surface area (Å²) in [5, 5.41) is 3.06. The molecule has 1 aliphatic carbocycles. The van der Waals surface area contributed by atoms with E-state index in [0.717, 1.165) is 11.6 Å². The molecule has 1 aliphatic rings. The zero-order valence-corrected chi connectivity index (χ0v) is 11.0. The number of hydrogen-bond donors (Lipinski definition) is 1. The van der Waals surface area contributed by atoms with Gasteiger partial charge in [-0.15, -0.1) is 0 Å². The van der Waals surface area contributed by atoms with Crippen molar-refractivity contribution in [3.63, 3.8) is 0 Å². The molecule has 1 atom stereocenters. The van der Waals surface area contributed by atoms with E-state index in [0.29, 0.717) is 17.7 Å².